The third kappa shape index (κ3) is 5.22. The zero-order valence-corrected chi connectivity index (χ0v) is 20.4. The number of methoxy groups -OCH3 is 1. The first-order chi connectivity index (χ1) is 14.9. The Morgan fingerprint density at radius 3 is 2.21 bits per heavy atom. The van der Waals surface area contributed by atoms with Crippen molar-refractivity contribution in [1.29, 1.82) is 0 Å². The fourth-order valence-electron chi connectivity index (χ4n) is 3.15. The summed E-state index contributed by atoms with van der Waals surface area (Å²) in [6.45, 7) is 6.90. The van der Waals surface area contributed by atoms with Crippen LogP contribution in [0.4, 0.5) is 18.9 Å². The molecule has 0 aliphatic carbocycles. The minimum absolute atomic E-state index is 0.122. The Balaban J connectivity index is 2.60. The second-order valence-electron chi connectivity index (χ2n) is 8.24. The molecule has 182 valence electrons. The summed E-state index contributed by atoms with van der Waals surface area (Å²) in [6, 6.07) is 3.85. The van der Waals surface area contributed by atoms with Crippen molar-refractivity contribution >= 4 is 32.6 Å². The number of alkyl halides is 3. The maximum absolute atomic E-state index is 13.1. The summed E-state index contributed by atoms with van der Waals surface area (Å²) in [5.41, 5.74) is -5.77. The first-order valence-corrected chi connectivity index (χ1v) is 12.5. The van der Waals surface area contributed by atoms with Gasteiger partial charge in [-0.25, -0.2) is 8.42 Å². The number of carbonyl (C=O) groups is 1. The van der Waals surface area contributed by atoms with Crippen LogP contribution in [0.2, 0.25) is 0 Å². The molecule has 1 amide bonds. The lowest BCUT2D eigenvalue weighted by atomic mass is 9.84. The average molecular weight is 508 g/mol. The van der Waals surface area contributed by atoms with Gasteiger partial charge >= 0.3 is 5.51 Å². The topological polar surface area (TPSA) is 116 Å². The van der Waals surface area contributed by atoms with Crippen LogP contribution in [-0.4, -0.2) is 42.9 Å². The Morgan fingerprint density at radius 2 is 1.76 bits per heavy atom. The van der Waals surface area contributed by atoms with Crippen LogP contribution in [0, 0.1) is 6.92 Å². The van der Waals surface area contributed by atoms with Crippen molar-refractivity contribution in [2.75, 3.05) is 18.7 Å². The molecule has 0 heterocycles. The van der Waals surface area contributed by atoms with E-state index in [-0.39, 0.29) is 28.3 Å². The van der Waals surface area contributed by atoms with Crippen LogP contribution in [-0.2, 0) is 26.4 Å². The Bertz CT molecular complexity index is 1190. The van der Waals surface area contributed by atoms with Gasteiger partial charge in [0.25, 0.3) is 15.7 Å². The van der Waals surface area contributed by atoms with Crippen LogP contribution in [0.3, 0.4) is 0 Å². The Morgan fingerprint density at radius 1 is 1.18 bits per heavy atom. The molecule has 0 aromatic heterocycles. The fraction of sp³-hybridized carbons (Fsp3) is 0.381. The molecule has 0 saturated heterocycles. The van der Waals surface area contributed by atoms with Gasteiger partial charge in [0.15, 0.2) is 4.90 Å². The number of halogens is 3. The van der Waals surface area contributed by atoms with Crippen molar-refractivity contribution in [3.05, 3.63) is 41.0 Å². The SMILES string of the molecule is COc1cc(S(=O)(=O)C(F)(F)F)ccc1NC(=O)c1c(C)c([S+](C)[O-])cc(C(C)(C)C)c1O. The number of phenols is 1. The van der Waals surface area contributed by atoms with Crippen molar-refractivity contribution in [2.24, 2.45) is 0 Å². The summed E-state index contributed by atoms with van der Waals surface area (Å²) >= 11 is -1.48. The van der Waals surface area contributed by atoms with Crippen molar-refractivity contribution in [2.45, 2.75) is 48.4 Å². The van der Waals surface area contributed by atoms with Crippen molar-refractivity contribution < 1.29 is 40.8 Å². The zero-order chi connectivity index (χ0) is 25.5. The molecule has 0 spiro atoms. The lowest BCUT2D eigenvalue weighted by Crippen LogP contribution is -2.23. The molecule has 1 unspecified atom stereocenters. The Labute approximate surface area is 193 Å². The van der Waals surface area contributed by atoms with E-state index >= 15 is 0 Å². The van der Waals surface area contributed by atoms with E-state index in [0.29, 0.717) is 22.6 Å². The number of benzene rings is 2. The average Bonchev–Trinajstić information content (AvgIpc) is 2.65. The van der Waals surface area contributed by atoms with Gasteiger partial charge in [-0.2, -0.15) is 13.2 Å². The number of nitrogens with one attached hydrogen (secondary N) is 1. The first-order valence-electron chi connectivity index (χ1n) is 9.44. The molecule has 33 heavy (non-hydrogen) atoms. The molecule has 0 aliphatic heterocycles. The molecule has 7 nitrogen and oxygen atoms in total. The quantitative estimate of drug-likeness (QED) is 0.584. The third-order valence-electron chi connectivity index (χ3n) is 4.89. The highest BCUT2D eigenvalue weighted by Gasteiger charge is 2.47. The number of aromatic hydroxyl groups is 1. The van der Waals surface area contributed by atoms with Gasteiger partial charge in [-0.05, 0) is 35.6 Å². The first kappa shape index (κ1) is 26.8. The van der Waals surface area contributed by atoms with E-state index in [2.05, 4.69) is 5.32 Å². The minimum Gasteiger partial charge on any atom is -0.612 e. The van der Waals surface area contributed by atoms with Crippen LogP contribution in [0.25, 0.3) is 0 Å². The van der Waals surface area contributed by atoms with Crippen molar-refractivity contribution in [3.8, 4) is 11.5 Å². The summed E-state index contributed by atoms with van der Waals surface area (Å²) in [6.07, 6.45) is 1.43. The molecular weight excluding hydrogens is 483 g/mol. The van der Waals surface area contributed by atoms with Crippen LogP contribution >= 0.6 is 0 Å². The molecule has 0 bridgehead atoms. The second-order valence-corrected chi connectivity index (χ2v) is 11.5. The van der Waals surface area contributed by atoms with Crippen LogP contribution in [0.15, 0.2) is 34.1 Å². The predicted molar refractivity (Wildman–Crippen MR) is 118 cm³/mol. The minimum atomic E-state index is -5.62. The number of hydrogen-bond donors (Lipinski definition) is 2. The van der Waals surface area contributed by atoms with Crippen LogP contribution < -0.4 is 10.1 Å². The highest BCUT2D eigenvalue weighted by Crippen LogP contribution is 2.39. The predicted octanol–water partition coefficient (Wildman–Crippen LogP) is 4.29. The Kier molecular flexibility index (Phi) is 7.37. The zero-order valence-electron chi connectivity index (χ0n) is 18.7. The summed E-state index contributed by atoms with van der Waals surface area (Å²) in [5.74, 6) is -1.51. The van der Waals surface area contributed by atoms with E-state index in [1.54, 1.807) is 26.8 Å². The number of phenolic OH excluding ortho intramolecular Hbond substituents is 1. The number of amides is 1. The number of rotatable bonds is 5. The number of hydrogen-bond acceptors (Lipinski definition) is 6. The van der Waals surface area contributed by atoms with Gasteiger partial charge in [-0.1, -0.05) is 20.8 Å². The van der Waals surface area contributed by atoms with Gasteiger partial charge in [0.2, 0.25) is 0 Å². The van der Waals surface area contributed by atoms with Gasteiger partial charge in [-0.3, -0.25) is 4.79 Å². The molecule has 2 rings (SSSR count). The molecular formula is C21H24F3NO6S2. The summed E-state index contributed by atoms with van der Waals surface area (Å²) in [4.78, 5) is 12.4. The summed E-state index contributed by atoms with van der Waals surface area (Å²) in [7, 11) is -4.53. The molecule has 0 saturated carbocycles. The summed E-state index contributed by atoms with van der Waals surface area (Å²) < 4.78 is 79.1. The van der Waals surface area contributed by atoms with E-state index in [1.807, 2.05) is 0 Å². The van der Waals surface area contributed by atoms with Crippen molar-refractivity contribution in [1.82, 2.24) is 0 Å². The number of anilines is 1. The van der Waals surface area contributed by atoms with Crippen molar-refractivity contribution in [3.63, 3.8) is 0 Å². The maximum Gasteiger partial charge on any atom is 0.501 e. The highest BCUT2D eigenvalue weighted by molar-refractivity contribution is 7.92. The van der Waals surface area contributed by atoms with Gasteiger partial charge in [0.1, 0.15) is 17.8 Å². The fourth-order valence-corrected chi connectivity index (χ4v) is 4.75. The van der Waals surface area contributed by atoms with E-state index in [1.165, 1.54) is 13.2 Å². The smallest absolute Gasteiger partial charge is 0.501 e. The molecule has 0 fully saturated rings. The molecule has 1 atom stereocenters. The lowest BCUT2D eigenvalue weighted by Gasteiger charge is -2.24. The van der Waals surface area contributed by atoms with E-state index in [9.17, 15) is 36.0 Å². The molecule has 0 radical (unpaired) electrons. The van der Waals surface area contributed by atoms with Crippen LogP contribution in [0.5, 0.6) is 11.5 Å². The number of sulfone groups is 1. The Hall–Kier alpha value is -2.44. The van der Waals surface area contributed by atoms with Gasteiger partial charge in [0.05, 0.1) is 23.3 Å². The highest BCUT2D eigenvalue weighted by atomic mass is 32.2. The number of ether oxygens (including phenoxy) is 1. The maximum atomic E-state index is 13.1. The lowest BCUT2D eigenvalue weighted by molar-refractivity contribution is -0.0436. The normalized spacial score (nSPS) is 13.5. The van der Waals surface area contributed by atoms with Gasteiger partial charge in [0, 0.05) is 23.3 Å². The molecule has 0 aliphatic rings. The van der Waals surface area contributed by atoms with Crippen LogP contribution in [0.1, 0.15) is 42.3 Å². The molecule has 2 aromatic carbocycles. The van der Waals surface area contributed by atoms with E-state index in [0.717, 1.165) is 13.2 Å². The van der Waals surface area contributed by atoms with Gasteiger partial charge in [-0.15, -0.1) is 0 Å². The molecule has 2 N–H and O–H groups in total. The second kappa shape index (κ2) is 9.07. The molecule has 2 aromatic rings. The van der Waals surface area contributed by atoms with E-state index < -0.39 is 42.7 Å². The monoisotopic (exact) mass is 507 g/mol. The number of carbonyl (C=O) groups excluding carboxylic acids is 1. The summed E-state index contributed by atoms with van der Waals surface area (Å²) in [5, 5.41) is 13.3. The third-order valence-corrected chi connectivity index (χ3v) is 7.42. The largest absolute Gasteiger partial charge is 0.612 e. The van der Waals surface area contributed by atoms with Gasteiger partial charge < -0.3 is 19.7 Å². The van der Waals surface area contributed by atoms with E-state index in [4.69, 9.17) is 4.74 Å². The standard InChI is InChI=1S/C21H24F3NO6S2/c1-11-16(32(6)28)10-13(20(2,3)4)18(26)17(11)19(27)25-14-8-7-12(9-15(14)31-5)33(29,30)21(22,23)24/h7-10,26H,1-6H3,(H,25,27). The molecule has 12 heteroatoms.